The summed E-state index contributed by atoms with van der Waals surface area (Å²) in [5, 5.41) is 0. The molecule has 0 aliphatic carbocycles. The molecule has 0 unspecified atom stereocenters. The van der Waals surface area contributed by atoms with Crippen molar-refractivity contribution in [3.63, 3.8) is 0 Å². The standard InChI is InChI=1S/C16H20N2O/c1-12-5-4-6-15(17)16(12)18(2)11-13-7-9-14(19-3)10-8-13/h4-10H,11,17H2,1-3H3. The Morgan fingerprint density at radius 3 is 2.37 bits per heavy atom. The average molecular weight is 256 g/mol. The summed E-state index contributed by atoms with van der Waals surface area (Å²) in [6, 6.07) is 14.1. The van der Waals surface area contributed by atoms with Gasteiger partial charge in [0.05, 0.1) is 18.5 Å². The van der Waals surface area contributed by atoms with Gasteiger partial charge in [-0.15, -0.1) is 0 Å². The van der Waals surface area contributed by atoms with Crippen LogP contribution in [-0.4, -0.2) is 14.2 Å². The van der Waals surface area contributed by atoms with E-state index in [1.165, 1.54) is 11.1 Å². The second-order valence-electron chi connectivity index (χ2n) is 4.72. The molecule has 0 fully saturated rings. The fraction of sp³-hybridized carbons (Fsp3) is 0.250. The maximum atomic E-state index is 6.06. The van der Waals surface area contributed by atoms with E-state index in [2.05, 4.69) is 37.1 Å². The Bertz CT molecular complexity index is 529. The SMILES string of the molecule is COc1ccc(CN(C)c2c(C)cccc2N)cc1. The number of methoxy groups -OCH3 is 1. The number of ether oxygens (including phenoxy) is 1. The molecule has 2 rings (SSSR count). The molecule has 2 aromatic carbocycles. The molecule has 3 nitrogen and oxygen atoms in total. The van der Waals surface area contributed by atoms with Crippen molar-refractivity contribution < 1.29 is 4.74 Å². The number of anilines is 2. The minimum Gasteiger partial charge on any atom is -0.497 e. The van der Waals surface area contributed by atoms with E-state index in [9.17, 15) is 0 Å². The molecule has 0 radical (unpaired) electrons. The van der Waals surface area contributed by atoms with E-state index in [1.54, 1.807) is 7.11 Å². The monoisotopic (exact) mass is 256 g/mol. The summed E-state index contributed by atoms with van der Waals surface area (Å²) in [4.78, 5) is 2.17. The molecule has 2 aromatic rings. The first kappa shape index (κ1) is 13.3. The summed E-state index contributed by atoms with van der Waals surface area (Å²) in [6.45, 7) is 2.90. The molecule has 0 saturated carbocycles. The number of aryl methyl sites for hydroxylation is 1. The molecular formula is C16H20N2O. The van der Waals surface area contributed by atoms with Crippen molar-refractivity contribution in [3.05, 3.63) is 53.6 Å². The topological polar surface area (TPSA) is 38.5 Å². The van der Waals surface area contributed by atoms with Crippen molar-refractivity contribution in [2.75, 3.05) is 24.8 Å². The zero-order chi connectivity index (χ0) is 13.8. The second kappa shape index (κ2) is 5.65. The van der Waals surface area contributed by atoms with Crippen molar-refractivity contribution >= 4 is 11.4 Å². The fourth-order valence-electron chi connectivity index (χ4n) is 2.29. The summed E-state index contributed by atoms with van der Waals surface area (Å²) in [5.41, 5.74) is 10.4. The Morgan fingerprint density at radius 1 is 1.11 bits per heavy atom. The van der Waals surface area contributed by atoms with E-state index < -0.39 is 0 Å². The Kier molecular flexibility index (Phi) is 3.95. The van der Waals surface area contributed by atoms with Gasteiger partial charge in [0.2, 0.25) is 0 Å². The van der Waals surface area contributed by atoms with Crippen LogP contribution < -0.4 is 15.4 Å². The zero-order valence-corrected chi connectivity index (χ0v) is 11.7. The van der Waals surface area contributed by atoms with Crippen molar-refractivity contribution in [2.45, 2.75) is 13.5 Å². The van der Waals surface area contributed by atoms with Gasteiger partial charge in [-0.2, -0.15) is 0 Å². The van der Waals surface area contributed by atoms with E-state index in [-0.39, 0.29) is 0 Å². The highest BCUT2D eigenvalue weighted by Gasteiger charge is 2.08. The lowest BCUT2D eigenvalue weighted by atomic mass is 10.1. The Hall–Kier alpha value is -2.16. The summed E-state index contributed by atoms with van der Waals surface area (Å²) in [7, 11) is 3.73. The molecule has 3 heteroatoms. The van der Waals surface area contributed by atoms with E-state index in [4.69, 9.17) is 10.5 Å². The van der Waals surface area contributed by atoms with Gasteiger partial charge < -0.3 is 15.4 Å². The van der Waals surface area contributed by atoms with E-state index in [0.29, 0.717) is 0 Å². The molecule has 0 saturated heterocycles. The van der Waals surface area contributed by atoms with Crippen LogP contribution in [0.15, 0.2) is 42.5 Å². The average Bonchev–Trinajstić information content (AvgIpc) is 2.39. The number of benzene rings is 2. The predicted octanol–water partition coefficient (Wildman–Crippen LogP) is 3.22. The Morgan fingerprint density at radius 2 is 1.79 bits per heavy atom. The van der Waals surface area contributed by atoms with Crippen LogP contribution in [0, 0.1) is 6.92 Å². The molecule has 0 amide bonds. The third kappa shape index (κ3) is 2.99. The van der Waals surface area contributed by atoms with Crippen LogP contribution in [0.3, 0.4) is 0 Å². The van der Waals surface area contributed by atoms with Crippen LogP contribution in [0.4, 0.5) is 11.4 Å². The van der Waals surface area contributed by atoms with Crippen LogP contribution in [0.5, 0.6) is 5.75 Å². The highest BCUT2D eigenvalue weighted by Crippen LogP contribution is 2.27. The van der Waals surface area contributed by atoms with Crippen LogP contribution in [0.2, 0.25) is 0 Å². The van der Waals surface area contributed by atoms with Gasteiger partial charge >= 0.3 is 0 Å². The molecule has 0 aromatic heterocycles. The summed E-state index contributed by atoms with van der Waals surface area (Å²) in [5.74, 6) is 0.877. The Labute approximate surface area is 114 Å². The van der Waals surface area contributed by atoms with Gasteiger partial charge in [-0.1, -0.05) is 24.3 Å². The van der Waals surface area contributed by atoms with Crippen molar-refractivity contribution in [1.82, 2.24) is 0 Å². The van der Waals surface area contributed by atoms with Gasteiger partial charge in [-0.05, 0) is 36.2 Å². The van der Waals surface area contributed by atoms with Crippen LogP contribution >= 0.6 is 0 Å². The van der Waals surface area contributed by atoms with Gasteiger partial charge in [0, 0.05) is 13.6 Å². The maximum absolute atomic E-state index is 6.06. The second-order valence-corrected chi connectivity index (χ2v) is 4.72. The number of hydrogen-bond donors (Lipinski definition) is 1. The minimum atomic E-state index is 0.816. The molecule has 0 aliphatic rings. The van der Waals surface area contributed by atoms with E-state index >= 15 is 0 Å². The smallest absolute Gasteiger partial charge is 0.118 e. The highest BCUT2D eigenvalue weighted by atomic mass is 16.5. The summed E-state index contributed by atoms with van der Waals surface area (Å²) >= 11 is 0. The fourth-order valence-corrected chi connectivity index (χ4v) is 2.29. The third-order valence-corrected chi connectivity index (χ3v) is 3.23. The third-order valence-electron chi connectivity index (χ3n) is 3.23. The lowest BCUT2D eigenvalue weighted by Gasteiger charge is -2.23. The van der Waals surface area contributed by atoms with E-state index in [1.807, 2.05) is 24.3 Å². The molecule has 100 valence electrons. The molecule has 0 aliphatic heterocycles. The van der Waals surface area contributed by atoms with Gasteiger partial charge in [-0.3, -0.25) is 0 Å². The molecule has 0 heterocycles. The van der Waals surface area contributed by atoms with Gasteiger partial charge in [-0.25, -0.2) is 0 Å². The quantitative estimate of drug-likeness (QED) is 0.854. The maximum Gasteiger partial charge on any atom is 0.118 e. The minimum absolute atomic E-state index is 0.816. The van der Waals surface area contributed by atoms with Gasteiger partial charge in [0.15, 0.2) is 0 Å². The van der Waals surface area contributed by atoms with Crippen molar-refractivity contribution in [2.24, 2.45) is 0 Å². The highest BCUT2D eigenvalue weighted by molar-refractivity contribution is 5.71. The van der Waals surface area contributed by atoms with Gasteiger partial charge in [0.25, 0.3) is 0 Å². The van der Waals surface area contributed by atoms with Gasteiger partial charge in [0.1, 0.15) is 5.75 Å². The molecule has 2 N–H and O–H groups in total. The molecule has 0 spiro atoms. The first-order valence-corrected chi connectivity index (χ1v) is 6.31. The van der Waals surface area contributed by atoms with Crippen LogP contribution in [0.1, 0.15) is 11.1 Å². The zero-order valence-electron chi connectivity index (χ0n) is 11.7. The van der Waals surface area contributed by atoms with Crippen molar-refractivity contribution in [3.8, 4) is 5.75 Å². The molecule has 19 heavy (non-hydrogen) atoms. The molecular weight excluding hydrogens is 236 g/mol. The lowest BCUT2D eigenvalue weighted by molar-refractivity contribution is 0.414. The lowest BCUT2D eigenvalue weighted by Crippen LogP contribution is -2.18. The number of nitrogens with two attached hydrogens (primary N) is 1. The van der Waals surface area contributed by atoms with E-state index in [0.717, 1.165) is 23.7 Å². The normalized spacial score (nSPS) is 10.3. The number of nitrogen functional groups attached to an aromatic ring is 1. The number of para-hydroxylation sites is 1. The van der Waals surface area contributed by atoms with Crippen LogP contribution in [-0.2, 0) is 6.54 Å². The van der Waals surface area contributed by atoms with Crippen LogP contribution in [0.25, 0.3) is 0 Å². The summed E-state index contributed by atoms with van der Waals surface area (Å²) < 4.78 is 5.16. The first-order chi connectivity index (χ1) is 9.11. The predicted molar refractivity (Wildman–Crippen MR) is 80.7 cm³/mol. The largest absolute Gasteiger partial charge is 0.497 e. The first-order valence-electron chi connectivity index (χ1n) is 6.31. The molecule has 0 bridgehead atoms. The molecule has 0 atom stereocenters. The number of nitrogens with zero attached hydrogens (tertiary/aromatic N) is 1. The summed E-state index contributed by atoms with van der Waals surface area (Å²) in [6.07, 6.45) is 0. The number of rotatable bonds is 4. The number of hydrogen-bond acceptors (Lipinski definition) is 3. The van der Waals surface area contributed by atoms with Crippen molar-refractivity contribution in [1.29, 1.82) is 0 Å². The Balaban J connectivity index is 2.18.